The summed E-state index contributed by atoms with van der Waals surface area (Å²) >= 11 is 2.07. The summed E-state index contributed by atoms with van der Waals surface area (Å²) in [5.74, 6) is 4.20. The second kappa shape index (κ2) is 6.50. The van der Waals surface area contributed by atoms with Crippen LogP contribution in [0.25, 0.3) is 0 Å². The molecule has 0 amide bonds. The van der Waals surface area contributed by atoms with Crippen molar-refractivity contribution < 1.29 is 4.74 Å². The molecule has 2 N–H and O–H groups in total. The predicted octanol–water partition coefficient (Wildman–Crippen LogP) is 2.75. The van der Waals surface area contributed by atoms with Gasteiger partial charge in [-0.05, 0) is 49.7 Å². The minimum atomic E-state index is 0.147. The molecule has 1 aromatic rings. The van der Waals surface area contributed by atoms with Gasteiger partial charge in [-0.15, -0.1) is 0 Å². The lowest BCUT2D eigenvalue weighted by Crippen LogP contribution is -2.46. The number of nitrogens with zero attached hydrogens (tertiary/aromatic N) is 1. The molecule has 20 heavy (non-hydrogen) atoms. The molecule has 2 saturated heterocycles. The molecule has 1 spiro atoms. The van der Waals surface area contributed by atoms with Crippen molar-refractivity contribution in [2.75, 3.05) is 24.7 Å². The van der Waals surface area contributed by atoms with Crippen LogP contribution in [0.4, 0.5) is 0 Å². The van der Waals surface area contributed by atoms with E-state index in [1.807, 2.05) is 12.4 Å². The van der Waals surface area contributed by atoms with Gasteiger partial charge in [0.15, 0.2) is 0 Å². The minimum absolute atomic E-state index is 0.147. The van der Waals surface area contributed by atoms with E-state index in [1.165, 1.54) is 30.8 Å². The van der Waals surface area contributed by atoms with Gasteiger partial charge in [-0.2, -0.15) is 11.8 Å². The molecular formula is C15H25N3OS. The van der Waals surface area contributed by atoms with E-state index in [2.05, 4.69) is 34.0 Å². The Kier molecular flexibility index (Phi) is 4.68. The zero-order chi connectivity index (χ0) is 13.8. The van der Waals surface area contributed by atoms with Gasteiger partial charge in [-0.3, -0.25) is 0 Å². The zero-order valence-electron chi connectivity index (χ0n) is 12.2. The summed E-state index contributed by atoms with van der Waals surface area (Å²) in [7, 11) is 0. The van der Waals surface area contributed by atoms with Crippen LogP contribution in [0, 0.1) is 5.92 Å². The summed E-state index contributed by atoms with van der Waals surface area (Å²) in [6.07, 6.45) is 8.51. The highest BCUT2D eigenvalue weighted by molar-refractivity contribution is 7.99. The summed E-state index contributed by atoms with van der Waals surface area (Å²) in [6.45, 7) is 4.05. The molecule has 2 aliphatic rings. The van der Waals surface area contributed by atoms with Crippen LogP contribution in [0.1, 0.15) is 44.5 Å². The fourth-order valence-corrected chi connectivity index (χ4v) is 4.83. The van der Waals surface area contributed by atoms with Gasteiger partial charge in [0.05, 0.1) is 11.6 Å². The van der Waals surface area contributed by atoms with Crippen molar-refractivity contribution in [3.05, 3.63) is 18.2 Å². The average molecular weight is 295 g/mol. The topological polar surface area (TPSA) is 49.9 Å². The van der Waals surface area contributed by atoms with E-state index in [-0.39, 0.29) is 5.60 Å². The largest absolute Gasteiger partial charge is 0.375 e. The van der Waals surface area contributed by atoms with E-state index in [9.17, 15) is 0 Å². The molecule has 0 saturated carbocycles. The molecule has 2 atom stereocenters. The number of ether oxygens (including phenoxy) is 1. The smallest absolute Gasteiger partial charge is 0.123 e. The SMILES string of the molecule is CCNC(c1ncc[nH]1)C1CCOC2(CCSCC2)C1. The van der Waals surface area contributed by atoms with Crippen LogP contribution < -0.4 is 5.32 Å². The molecule has 0 bridgehead atoms. The standard InChI is InChI=1S/C15H25N3OS/c1-2-16-13(14-17-6-7-18-14)12-3-8-19-15(11-12)4-9-20-10-5-15/h6-7,12-13,16H,2-5,8-11H2,1H3,(H,17,18). The first kappa shape index (κ1) is 14.4. The van der Waals surface area contributed by atoms with E-state index in [4.69, 9.17) is 4.74 Å². The Balaban J connectivity index is 1.73. The lowest BCUT2D eigenvalue weighted by atomic mass is 9.78. The summed E-state index contributed by atoms with van der Waals surface area (Å²) in [5.41, 5.74) is 0.147. The van der Waals surface area contributed by atoms with E-state index >= 15 is 0 Å². The lowest BCUT2D eigenvalue weighted by molar-refractivity contribution is -0.107. The first-order valence-electron chi connectivity index (χ1n) is 7.77. The maximum atomic E-state index is 6.21. The molecule has 2 unspecified atom stereocenters. The number of nitrogens with one attached hydrogen (secondary N) is 2. The number of H-pyrrole nitrogens is 1. The number of aromatic nitrogens is 2. The van der Waals surface area contributed by atoms with Crippen LogP contribution in [0.15, 0.2) is 12.4 Å². The number of hydrogen-bond acceptors (Lipinski definition) is 4. The second-order valence-electron chi connectivity index (χ2n) is 5.91. The highest BCUT2D eigenvalue weighted by atomic mass is 32.2. The number of rotatable bonds is 4. The average Bonchev–Trinajstić information content (AvgIpc) is 2.99. The fraction of sp³-hybridized carbons (Fsp3) is 0.800. The van der Waals surface area contributed by atoms with Crippen molar-refractivity contribution in [1.29, 1.82) is 0 Å². The molecule has 2 aliphatic heterocycles. The Morgan fingerprint density at radius 2 is 2.40 bits per heavy atom. The Morgan fingerprint density at radius 3 is 3.10 bits per heavy atom. The third kappa shape index (κ3) is 3.05. The van der Waals surface area contributed by atoms with Crippen molar-refractivity contribution in [2.45, 2.75) is 44.2 Å². The molecule has 4 nitrogen and oxygen atoms in total. The Labute approximate surface area is 125 Å². The molecule has 3 rings (SSSR count). The molecule has 5 heteroatoms. The summed E-state index contributed by atoms with van der Waals surface area (Å²) in [6, 6.07) is 0.338. The summed E-state index contributed by atoms with van der Waals surface area (Å²) in [4.78, 5) is 7.77. The van der Waals surface area contributed by atoms with Crippen LogP contribution in [0.2, 0.25) is 0 Å². The highest BCUT2D eigenvalue weighted by Crippen LogP contribution is 2.43. The highest BCUT2D eigenvalue weighted by Gasteiger charge is 2.41. The second-order valence-corrected chi connectivity index (χ2v) is 7.13. The normalized spacial score (nSPS) is 27.6. The van der Waals surface area contributed by atoms with Crippen molar-refractivity contribution in [1.82, 2.24) is 15.3 Å². The minimum Gasteiger partial charge on any atom is -0.375 e. The Morgan fingerprint density at radius 1 is 1.55 bits per heavy atom. The molecule has 3 heterocycles. The lowest BCUT2D eigenvalue weighted by Gasteiger charge is -2.45. The van der Waals surface area contributed by atoms with E-state index in [0.717, 1.165) is 25.4 Å². The molecule has 2 fully saturated rings. The van der Waals surface area contributed by atoms with Crippen LogP contribution in [-0.2, 0) is 4.74 Å². The molecule has 1 aromatic heterocycles. The number of thioether (sulfide) groups is 1. The summed E-state index contributed by atoms with van der Waals surface area (Å²) in [5, 5.41) is 3.62. The van der Waals surface area contributed by atoms with Crippen LogP contribution in [0.3, 0.4) is 0 Å². The monoisotopic (exact) mass is 295 g/mol. The van der Waals surface area contributed by atoms with E-state index in [1.54, 1.807) is 0 Å². The number of imidazole rings is 1. The zero-order valence-corrected chi connectivity index (χ0v) is 13.0. The van der Waals surface area contributed by atoms with Crippen molar-refractivity contribution in [3.8, 4) is 0 Å². The third-order valence-electron chi connectivity index (χ3n) is 4.64. The van der Waals surface area contributed by atoms with Gasteiger partial charge in [0.2, 0.25) is 0 Å². The van der Waals surface area contributed by atoms with Gasteiger partial charge < -0.3 is 15.0 Å². The van der Waals surface area contributed by atoms with Gasteiger partial charge in [-0.1, -0.05) is 6.92 Å². The van der Waals surface area contributed by atoms with Crippen molar-refractivity contribution in [3.63, 3.8) is 0 Å². The van der Waals surface area contributed by atoms with E-state index < -0.39 is 0 Å². The number of hydrogen-bond donors (Lipinski definition) is 2. The quantitative estimate of drug-likeness (QED) is 0.897. The van der Waals surface area contributed by atoms with Crippen LogP contribution in [-0.4, -0.2) is 40.2 Å². The van der Waals surface area contributed by atoms with Crippen LogP contribution >= 0.6 is 11.8 Å². The molecule has 0 aliphatic carbocycles. The predicted molar refractivity (Wildman–Crippen MR) is 83.0 cm³/mol. The van der Waals surface area contributed by atoms with Gasteiger partial charge in [0.1, 0.15) is 5.82 Å². The molecule has 0 radical (unpaired) electrons. The van der Waals surface area contributed by atoms with Crippen molar-refractivity contribution >= 4 is 11.8 Å². The van der Waals surface area contributed by atoms with Gasteiger partial charge in [-0.25, -0.2) is 4.98 Å². The first-order valence-corrected chi connectivity index (χ1v) is 8.93. The maximum absolute atomic E-state index is 6.21. The van der Waals surface area contributed by atoms with Crippen molar-refractivity contribution in [2.24, 2.45) is 5.92 Å². The number of aromatic amines is 1. The van der Waals surface area contributed by atoms with E-state index in [0.29, 0.717) is 12.0 Å². The maximum Gasteiger partial charge on any atom is 0.123 e. The summed E-state index contributed by atoms with van der Waals surface area (Å²) < 4.78 is 6.21. The Bertz CT molecular complexity index is 398. The first-order chi connectivity index (χ1) is 9.83. The van der Waals surface area contributed by atoms with Gasteiger partial charge >= 0.3 is 0 Å². The Hall–Kier alpha value is -0.520. The van der Waals surface area contributed by atoms with Gasteiger partial charge in [0.25, 0.3) is 0 Å². The third-order valence-corrected chi connectivity index (χ3v) is 5.63. The fourth-order valence-electron chi connectivity index (χ4n) is 3.60. The molecular weight excluding hydrogens is 270 g/mol. The van der Waals surface area contributed by atoms with Gasteiger partial charge in [0, 0.05) is 19.0 Å². The molecule has 112 valence electrons. The molecule has 0 aromatic carbocycles. The van der Waals surface area contributed by atoms with Crippen LogP contribution in [0.5, 0.6) is 0 Å².